The van der Waals surface area contributed by atoms with E-state index in [4.69, 9.17) is 33.1 Å². The summed E-state index contributed by atoms with van der Waals surface area (Å²) in [4.78, 5) is 27.3. The van der Waals surface area contributed by atoms with Crippen molar-refractivity contribution >= 4 is 67.0 Å². The molecule has 11 nitrogen and oxygen atoms in total. The van der Waals surface area contributed by atoms with Crippen molar-refractivity contribution in [2.75, 3.05) is 37.4 Å². The smallest absolute Gasteiger partial charge is 0.344 e. The van der Waals surface area contributed by atoms with Crippen LogP contribution in [0.1, 0.15) is 12.0 Å². The Kier molecular flexibility index (Phi) is 7.37. The van der Waals surface area contributed by atoms with Gasteiger partial charge in [-0.2, -0.15) is 20.5 Å². The Labute approximate surface area is 266 Å². The molecule has 0 radical (unpaired) electrons. The lowest BCUT2D eigenvalue weighted by Crippen LogP contribution is -2.77. The third-order valence-corrected chi connectivity index (χ3v) is 9.50. The number of carbonyl (C=O) groups excluding carboxylic acids is 1. The van der Waals surface area contributed by atoms with Gasteiger partial charge in [-0.05, 0) is 24.1 Å². The van der Waals surface area contributed by atoms with Crippen molar-refractivity contribution in [2.24, 2.45) is 10.7 Å². The van der Waals surface area contributed by atoms with Crippen LogP contribution in [0, 0.1) is 34.3 Å². The third-order valence-electron chi connectivity index (χ3n) is 8.18. The summed E-state index contributed by atoms with van der Waals surface area (Å²) in [6, 6.07) is 6.11. The number of methoxy groups -OCH3 is 1. The molecule has 6 rings (SSSR count). The molecule has 0 aliphatic carbocycles. The van der Waals surface area contributed by atoms with Crippen molar-refractivity contribution in [3.8, 4) is 29.3 Å². The predicted octanol–water partition coefficient (Wildman–Crippen LogP) is 5.36. The van der Waals surface area contributed by atoms with Crippen LogP contribution in [0.15, 0.2) is 35.0 Å². The standard InChI is InChI=1S/C29H20ClF4N9O2S/c1-45-26-40-22-15(6-17(30)20(21(22)32)14-2-3-18(31)23-19(14)16(9-37)24(38)46-23)25(41-26)42-5-4-28(11-42)29(33,34)12-43(28)27(44)39-10-13(7-35)8-36/h2-3,6-7,10H,4-5,11-12,35,38H2,1H3/b13-7-,39-10+. The molecule has 0 saturated carbocycles. The summed E-state index contributed by atoms with van der Waals surface area (Å²) >= 11 is 7.49. The van der Waals surface area contributed by atoms with Gasteiger partial charge >= 0.3 is 12.0 Å². The number of benzene rings is 2. The highest BCUT2D eigenvalue weighted by Crippen LogP contribution is 2.52. The Morgan fingerprint density at radius 3 is 2.67 bits per heavy atom. The van der Waals surface area contributed by atoms with Crippen molar-refractivity contribution in [3.05, 3.63) is 52.2 Å². The van der Waals surface area contributed by atoms with Gasteiger partial charge in [0, 0.05) is 35.6 Å². The van der Waals surface area contributed by atoms with E-state index < -0.39 is 42.2 Å². The Balaban J connectivity index is 1.46. The summed E-state index contributed by atoms with van der Waals surface area (Å²) in [6.07, 6.45) is 1.63. The van der Waals surface area contributed by atoms with Gasteiger partial charge in [0.1, 0.15) is 39.8 Å². The normalized spacial score (nSPS) is 19.2. The number of amides is 2. The van der Waals surface area contributed by atoms with Gasteiger partial charge < -0.3 is 26.0 Å². The lowest BCUT2D eigenvalue weighted by molar-refractivity contribution is -0.213. The zero-order valence-corrected chi connectivity index (χ0v) is 25.2. The number of thiophene rings is 1. The monoisotopic (exact) mass is 669 g/mol. The second kappa shape index (κ2) is 11.0. The second-order valence-corrected chi connectivity index (χ2v) is 12.0. The number of fused-ring (bicyclic) bond motifs is 2. The van der Waals surface area contributed by atoms with E-state index in [0.717, 1.165) is 34.7 Å². The maximum absolute atomic E-state index is 16.5. The zero-order valence-electron chi connectivity index (χ0n) is 23.6. The number of hydrogen-bond acceptors (Lipinski definition) is 10. The van der Waals surface area contributed by atoms with Crippen LogP contribution in [0.2, 0.25) is 5.02 Å². The number of nitrogen functional groups attached to an aromatic ring is 1. The van der Waals surface area contributed by atoms with E-state index >= 15 is 13.2 Å². The first-order valence-electron chi connectivity index (χ1n) is 13.4. The number of rotatable bonds is 4. The molecule has 4 N–H and O–H groups in total. The molecule has 4 heterocycles. The Hall–Kier alpha value is -5.19. The minimum Gasteiger partial charge on any atom is -0.467 e. The van der Waals surface area contributed by atoms with Crippen molar-refractivity contribution in [1.82, 2.24) is 14.9 Å². The van der Waals surface area contributed by atoms with Gasteiger partial charge in [-0.15, -0.1) is 11.3 Å². The number of aromatic nitrogens is 2. The maximum atomic E-state index is 16.5. The summed E-state index contributed by atoms with van der Waals surface area (Å²) in [5.74, 6) is -4.90. The van der Waals surface area contributed by atoms with Crippen molar-refractivity contribution < 1.29 is 27.1 Å². The van der Waals surface area contributed by atoms with Gasteiger partial charge in [-0.3, -0.25) is 0 Å². The highest BCUT2D eigenvalue weighted by molar-refractivity contribution is 7.23. The van der Waals surface area contributed by atoms with Crippen molar-refractivity contribution in [3.63, 3.8) is 0 Å². The SMILES string of the molecule is COc1nc(N2CCC3(C2)N(C(=O)/N=C/C(C#N)=C\N)CC3(F)F)c2cc(Cl)c(-c3ccc(F)c4sc(N)c(C#N)c34)c(F)c2n1. The molecule has 2 aliphatic rings. The fraction of sp³-hybridized carbons (Fsp3) is 0.241. The van der Waals surface area contributed by atoms with E-state index in [-0.39, 0.29) is 78.1 Å². The first-order valence-corrected chi connectivity index (χ1v) is 14.6. The minimum absolute atomic E-state index is 0.0178. The number of carbonyl (C=O) groups is 1. The van der Waals surface area contributed by atoms with E-state index in [2.05, 4.69) is 15.0 Å². The lowest BCUT2D eigenvalue weighted by Gasteiger charge is -2.55. The van der Waals surface area contributed by atoms with Gasteiger partial charge in [-0.25, -0.2) is 27.3 Å². The molecule has 2 aromatic heterocycles. The van der Waals surface area contributed by atoms with Gasteiger partial charge in [0.15, 0.2) is 5.82 Å². The number of ether oxygens (including phenoxy) is 1. The Morgan fingerprint density at radius 2 is 2.02 bits per heavy atom. The molecule has 2 amide bonds. The number of allylic oxidation sites excluding steroid dienone is 1. The summed E-state index contributed by atoms with van der Waals surface area (Å²) in [6.45, 7) is -1.33. The molecule has 46 heavy (non-hydrogen) atoms. The van der Waals surface area contributed by atoms with E-state index in [0.29, 0.717) is 0 Å². The van der Waals surface area contributed by atoms with E-state index in [9.17, 15) is 14.4 Å². The second-order valence-electron chi connectivity index (χ2n) is 10.5. The zero-order chi connectivity index (χ0) is 33.1. The predicted molar refractivity (Wildman–Crippen MR) is 164 cm³/mol. The summed E-state index contributed by atoms with van der Waals surface area (Å²) in [5.41, 5.74) is 8.73. The molecule has 2 saturated heterocycles. The number of hydrogen-bond donors (Lipinski definition) is 2. The first kappa shape index (κ1) is 30.8. The summed E-state index contributed by atoms with van der Waals surface area (Å²) < 4.78 is 66.9. The molecule has 1 atom stereocenters. The molecule has 4 aromatic rings. The Morgan fingerprint density at radius 1 is 1.26 bits per heavy atom. The molecule has 2 aromatic carbocycles. The van der Waals surface area contributed by atoms with Crippen LogP contribution in [0.25, 0.3) is 32.1 Å². The van der Waals surface area contributed by atoms with Gasteiger partial charge in [0.2, 0.25) is 0 Å². The van der Waals surface area contributed by atoms with E-state index in [1.54, 1.807) is 6.07 Å². The molecule has 1 spiro atoms. The van der Waals surface area contributed by atoms with Gasteiger partial charge in [0.05, 0.1) is 40.7 Å². The number of anilines is 2. The van der Waals surface area contributed by atoms with Crippen LogP contribution in [-0.2, 0) is 0 Å². The number of nitrogens with two attached hydrogens (primary N) is 2. The first-order chi connectivity index (χ1) is 21.9. The number of aliphatic imine (C=N–C) groups is 1. The number of nitrogens with zero attached hydrogens (tertiary/aromatic N) is 7. The molecular weight excluding hydrogens is 650 g/mol. The van der Waals surface area contributed by atoms with Crippen LogP contribution >= 0.6 is 22.9 Å². The van der Waals surface area contributed by atoms with Crippen molar-refractivity contribution in [2.45, 2.75) is 17.9 Å². The number of likely N-dealkylation sites (tertiary alicyclic amines) is 1. The molecule has 0 bridgehead atoms. The Bertz CT molecular complexity index is 2120. The molecule has 2 aliphatic heterocycles. The van der Waals surface area contributed by atoms with Crippen LogP contribution in [0.3, 0.4) is 0 Å². The largest absolute Gasteiger partial charge is 0.467 e. The quantitative estimate of drug-likeness (QED) is 0.165. The highest BCUT2D eigenvalue weighted by Gasteiger charge is 2.71. The summed E-state index contributed by atoms with van der Waals surface area (Å²) in [7, 11) is 1.24. The molecule has 17 heteroatoms. The van der Waals surface area contributed by atoms with Crippen LogP contribution in [0.4, 0.5) is 33.2 Å². The van der Waals surface area contributed by atoms with Crippen molar-refractivity contribution in [1.29, 1.82) is 10.5 Å². The lowest BCUT2D eigenvalue weighted by atomic mass is 9.80. The van der Waals surface area contributed by atoms with Crippen LogP contribution in [0.5, 0.6) is 6.01 Å². The molecule has 1 unspecified atom stereocenters. The number of urea groups is 1. The third kappa shape index (κ3) is 4.44. The number of alkyl halides is 2. The highest BCUT2D eigenvalue weighted by atomic mass is 35.5. The average Bonchev–Trinajstić information content (AvgIpc) is 3.65. The topological polar surface area (TPSA) is 171 Å². The van der Waals surface area contributed by atoms with Gasteiger partial charge in [0.25, 0.3) is 5.92 Å². The number of halogens is 5. The van der Waals surface area contributed by atoms with Crippen LogP contribution < -0.4 is 21.1 Å². The number of nitriles is 2. The fourth-order valence-electron chi connectivity index (χ4n) is 5.90. The molecular formula is C29H20ClF4N9O2S. The molecule has 2 fully saturated rings. The minimum atomic E-state index is -3.30. The summed E-state index contributed by atoms with van der Waals surface area (Å²) in [5, 5.41) is 18.7. The molecule has 234 valence electrons. The fourth-order valence-corrected chi connectivity index (χ4v) is 7.14. The maximum Gasteiger partial charge on any atom is 0.344 e. The van der Waals surface area contributed by atoms with Crippen LogP contribution in [-0.4, -0.2) is 65.3 Å². The van der Waals surface area contributed by atoms with E-state index in [1.807, 2.05) is 6.07 Å². The average molecular weight is 670 g/mol. The van der Waals surface area contributed by atoms with Gasteiger partial charge in [-0.1, -0.05) is 17.7 Å². The van der Waals surface area contributed by atoms with E-state index in [1.165, 1.54) is 24.1 Å².